The third-order valence-electron chi connectivity index (χ3n) is 0.581. The fourth-order valence-corrected chi connectivity index (χ4v) is 0.533. The van der Waals surface area contributed by atoms with Gasteiger partial charge < -0.3 is 0 Å². The number of hydrogen-bond donors (Lipinski definition) is 1. The zero-order chi connectivity index (χ0) is 5.28. The van der Waals surface area contributed by atoms with Gasteiger partial charge in [-0.1, -0.05) is 4.48 Å². The molecule has 0 fully saturated rings. The normalized spacial score (nSPS) is 19.1. The van der Waals surface area contributed by atoms with E-state index in [1.165, 1.54) is 0 Å². The van der Waals surface area contributed by atoms with Gasteiger partial charge in [-0.2, -0.15) is 10.2 Å². The molecule has 0 amide bonds. The highest BCUT2D eigenvalue weighted by Gasteiger charge is 2.10. The Bertz CT molecular complexity index is 103. The molecule has 0 spiro atoms. The van der Waals surface area contributed by atoms with E-state index in [-0.39, 0.29) is 11.4 Å². The zero-order valence-electron chi connectivity index (χ0n) is 3.36. The van der Waals surface area contributed by atoms with Gasteiger partial charge in [-0.3, -0.25) is 5.43 Å². The van der Waals surface area contributed by atoms with Gasteiger partial charge in [0.2, 0.25) is 4.74 Å². The van der Waals surface area contributed by atoms with Crippen LogP contribution in [0.15, 0.2) is 5.10 Å². The van der Waals surface area contributed by atoms with Gasteiger partial charge in [0.1, 0.15) is 6.67 Å². The van der Waals surface area contributed by atoms with Crippen LogP contribution < -0.4 is 5.43 Å². The highest BCUT2D eigenvalue weighted by atomic mass is 79.9. The second kappa shape index (κ2) is 1.65. The van der Waals surface area contributed by atoms with Crippen LogP contribution in [0, 0.1) is 0 Å². The Labute approximate surface area is 48.2 Å². The number of halogens is 2. The Balaban J connectivity index is 2.54. The van der Waals surface area contributed by atoms with E-state index >= 15 is 0 Å². The lowest BCUT2D eigenvalue weighted by Crippen LogP contribution is -2.16. The highest BCUT2D eigenvalue weighted by molar-refractivity contribution is 9.18. The first-order chi connectivity index (χ1) is 3.30. The molecule has 0 radical (unpaired) electrons. The monoisotopic (exact) mass is 167 g/mol. The second-order valence-corrected chi connectivity index (χ2v) is 1.77. The zero-order valence-corrected chi connectivity index (χ0v) is 4.94. The molecule has 0 saturated heterocycles. The first-order valence-electron chi connectivity index (χ1n) is 1.70. The SMILES string of the molecule is FN1CNN=C1Br. The van der Waals surface area contributed by atoms with Crippen LogP contribution in [0.4, 0.5) is 4.48 Å². The van der Waals surface area contributed by atoms with Crippen molar-refractivity contribution in [1.82, 2.24) is 10.5 Å². The summed E-state index contributed by atoms with van der Waals surface area (Å²) in [6, 6.07) is 0. The minimum Gasteiger partial charge on any atom is -0.285 e. The molecule has 0 atom stereocenters. The van der Waals surface area contributed by atoms with Crippen LogP contribution in [-0.2, 0) is 0 Å². The van der Waals surface area contributed by atoms with Crippen molar-refractivity contribution >= 4 is 20.7 Å². The van der Waals surface area contributed by atoms with E-state index in [1.54, 1.807) is 0 Å². The van der Waals surface area contributed by atoms with Gasteiger partial charge in [0.15, 0.2) is 0 Å². The van der Waals surface area contributed by atoms with Crippen molar-refractivity contribution in [3.63, 3.8) is 0 Å². The van der Waals surface area contributed by atoms with Gasteiger partial charge in [0.05, 0.1) is 0 Å². The molecule has 40 valence electrons. The Kier molecular flexibility index (Phi) is 1.14. The van der Waals surface area contributed by atoms with Gasteiger partial charge in [0, 0.05) is 0 Å². The summed E-state index contributed by atoms with van der Waals surface area (Å²) >= 11 is 2.84. The summed E-state index contributed by atoms with van der Waals surface area (Å²) in [5.41, 5.74) is 2.41. The lowest BCUT2D eigenvalue weighted by atomic mass is 11.1. The Morgan fingerprint density at radius 3 is 2.86 bits per heavy atom. The molecule has 0 saturated carbocycles. The van der Waals surface area contributed by atoms with Crippen molar-refractivity contribution in [2.24, 2.45) is 5.10 Å². The molecule has 0 aliphatic carbocycles. The minimum atomic E-state index is 0.139. The van der Waals surface area contributed by atoms with Crippen LogP contribution in [0.1, 0.15) is 0 Å². The molecule has 7 heavy (non-hydrogen) atoms. The summed E-state index contributed by atoms with van der Waals surface area (Å²) in [6.07, 6.45) is 0. The molecule has 0 aromatic carbocycles. The fraction of sp³-hybridized carbons (Fsp3) is 0.500. The average Bonchev–Trinajstić information content (AvgIpc) is 1.91. The number of nitrogens with zero attached hydrogens (tertiary/aromatic N) is 2. The molecule has 0 aromatic rings. The minimum absolute atomic E-state index is 0.139. The molecule has 1 aliphatic heterocycles. The maximum absolute atomic E-state index is 11.9. The first-order valence-corrected chi connectivity index (χ1v) is 2.49. The van der Waals surface area contributed by atoms with E-state index < -0.39 is 0 Å². The van der Waals surface area contributed by atoms with Gasteiger partial charge >= 0.3 is 0 Å². The molecular formula is C2H3BrFN3. The number of rotatable bonds is 0. The number of hydrazone groups is 1. The summed E-state index contributed by atoms with van der Waals surface area (Å²) in [5, 5.41) is 3.91. The Morgan fingerprint density at radius 2 is 2.71 bits per heavy atom. The van der Waals surface area contributed by atoms with Crippen molar-refractivity contribution in [3.05, 3.63) is 0 Å². The van der Waals surface area contributed by atoms with E-state index in [0.29, 0.717) is 5.12 Å². The largest absolute Gasteiger partial charge is 0.285 e. The van der Waals surface area contributed by atoms with Crippen LogP contribution in [0.5, 0.6) is 0 Å². The molecule has 0 aromatic heterocycles. The Morgan fingerprint density at radius 1 is 2.00 bits per heavy atom. The van der Waals surface area contributed by atoms with Crippen molar-refractivity contribution in [2.75, 3.05) is 6.67 Å². The predicted octanol–water partition coefficient (Wildman–Crippen LogP) is 0.400. The van der Waals surface area contributed by atoms with Crippen molar-refractivity contribution in [2.45, 2.75) is 0 Å². The van der Waals surface area contributed by atoms with E-state index in [4.69, 9.17) is 0 Å². The van der Waals surface area contributed by atoms with Gasteiger partial charge in [-0.05, 0) is 15.9 Å². The van der Waals surface area contributed by atoms with Gasteiger partial charge in [0.25, 0.3) is 0 Å². The van der Waals surface area contributed by atoms with Crippen molar-refractivity contribution in [3.8, 4) is 0 Å². The molecular weight excluding hydrogens is 165 g/mol. The quantitative estimate of drug-likeness (QED) is 0.418. The third kappa shape index (κ3) is 0.821. The summed E-state index contributed by atoms with van der Waals surface area (Å²) in [5.74, 6) is 0. The molecule has 1 heterocycles. The highest BCUT2D eigenvalue weighted by Crippen LogP contribution is 2.01. The maximum Gasteiger partial charge on any atom is 0.221 e. The van der Waals surface area contributed by atoms with E-state index in [0.717, 1.165) is 0 Å². The third-order valence-corrected chi connectivity index (χ3v) is 1.14. The van der Waals surface area contributed by atoms with Gasteiger partial charge in [-0.25, -0.2) is 0 Å². The van der Waals surface area contributed by atoms with Crippen LogP contribution >= 0.6 is 15.9 Å². The fourth-order valence-electron chi connectivity index (χ4n) is 0.282. The number of amidine groups is 1. The van der Waals surface area contributed by atoms with Crippen LogP contribution in [0.25, 0.3) is 0 Å². The standard InChI is InChI=1S/C2H3BrFN3/c3-2-6-5-1-7(2)4/h5H,1H2. The van der Waals surface area contributed by atoms with Gasteiger partial charge in [-0.15, -0.1) is 0 Å². The summed E-state index contributed by atoms with van der Waals surface area (Å²) in [7, 11) is 0. The predicted molar refractivity (Wildman–Crippen MR) is 27.3 cm³/mol. The van der Waals surface area contributed by atoms with E-state index in [9.17, 15) is 4.48 Å². The van der Waals surface area contributed by atoms with Crippen molar-refractivity contribution < 1.29 is 4.48 Å². The topological polar surface area (TPSA) is 27.6 Å². The number of hydrogen-bond acceptors (Lipinski definition) is 3. The first kappa shape index (κ1) is 4.83. The maximum atomic E-state index is 11.9. The molecule has 5 heteroatoms. The van der Waals surface area contributed by atoms with E-state index in [2.05, 4.69) is 26.5 Å². The second-order valence-electron chi connectivity index (χ2n) is 1.06. The van der Waals surface area contributed by atoms with Crippen LogP contribution in [-0.4, -0.2) is 16.5 Å². The van der Waals surface area contributed by atoms with Crippen LogP contribution in [0.3, 0.4) is 0 Å². The van der Waals surface area contributed by atoms with E-state index in [1.807, 2.05) is 0 Å². The lowest BCUT2D eigenvalue weighted by molar-refractivity contribution is 0.132. The summed E-state index contributed by atoms with van der Waals surface area (Å²) < 4.78 is 12.1. The number of nitrogens with one attached hydrogen (secondary N) is 1. The molecule has 1 aliphatic rings. The summed E-state index contributed by atoms with van der Waals surface area (Å²) in [4.78, 5) is 0. The van der Waals surface area contributed by atoms with Crippen LogP contribution in [0.2, 0.25) is 0 Å². The molecule has 0 bridgehead atoms. The molecule has 0 unspecified atom stereocenters. The summed E-state index contributed by atoms with van der Waals surface area (Å²) in [6.45, 7) is 0.139. The molecule has 3 nitrogen and oxygen atoms in total. The Hall–Kier alpha value is -0.320. The smallest absolute Gasteiger partial charge is 0.221 e. The van der Waals surface area contributed by atoms with Crippen molar-refractivity contribution in [1.29, 1.82) is 0 Å². The molecule has 1 N–H and O–H groups in total. The lowest BCUT2D eigenvalue weighted by Gasteiger charge is -1.96. The average molecular weight is 168 g/mol. The molecule has 1 rings (SSSR count).